The molecule has 1 aliphatic heterocycles. The minimum Gasteiger partial charge on any atom is -0.335 e. The molecule has 0 aliphatic carbocycles. The smallest absolute Gasteiger partial charge is 0.272 e. The van der Waals surface area contributed by atoms with Crippen molar-refractivity contribution in [2.24, 2.45) is 7.05 Å². The second kappa shape index (κ2) is 6.91. The molecular weight excluding hydrogens is 295 g/mol. The first-order valence-corrected chi connectivity index (χ1v) is 7.86. The molecule has 1 fully saturated rings. The van der Waals surface area contributed by atoms with Crippen LogP contribution in [0.15, 0.2) is 36.4 Å². The third-order valence-electron chi connectivity index (χ3n) is 4.23. The van der Waals surface area contributed by atoms with Crippen LogP contribution in [0.25, 0.3) is 11.3 Å². The second-order valence-corrected chi connectivity index (χ2v) is 5.73. The van der Waals surface area contributed by atoms with Crippen LogP contribution >= 0.6 is 0 Å². The molecule has 2 heterocycles. The van der Waals surface area contributed by atoms with Crippen molar-refractivity contribution in [2.75, 3.05) is 39.4 Å². The van der Waals surface area contributed by atoms with Gasteiger partial charge in [0.25, 0.3) is 5.91 Å². The number of halogens is 1. The van der Waals surface area contributed by atoms with Crippen molar-refractivity contribution >= 4 is 5.91 Å². The molecule has 1 aromatic carbocycles. The van der Waals surface area contributed by atoms with E-state index in [1.54, 1.807) is 11.7 Å². The standard InChI is InChI=1S/C17H21FN4O/c1-20-16(13-15(19-20)14-5-3-2-4-6-14)17(23)22-11-9-21(8-7-18)10-12-22/h2-6,13H,7-12H2,1H3. The fourth-order valence-corrected chi connectivity index (χ4v) is 2.87. The summed E-state index contributed by atoms with van der Waals surface area (Å²) in [6.07, 6.45) is 0. The van der Waals surface area contributed by atoms with Crippen molar-refractivity contribution in [3.05, 3.63) is 42.1 Å². The van der Waals surface area contributed by atoms with Crippen LogP contribution in [0, 0.1) is 0 Å². The van der Waals surface area contributed by atoms with Crippen molar-refractivity contribution < 1.29 is 9.18 Å². The summed E-state index contributed by atoms with van der Waals surface area (Å²) in [4.78, 5) is 16.6. The zero-order chi connectivity index (χ0) is 16.2. The van der Waals surface area contributed by atoms with Gasteiger partial charge >= 0.3 is 0 Å². The van der Waals surface area contributed by atoms with Gasteiger partial charge in [-0.05, 0) is 6.07 Å². The highest BCUT2D eigenvalue weighted by Gasteiger charge is 2.24. The predicted molar refractivity (Wildman–Crippen MR) is 87.0 cm³/mol. The maximum atomic E-state index is 12.7. The molecule has 122 valence electrons. The van der Waals surface area contributed by atoms with E-state index in [9.17, 15) is 9.18 Å². The van der Waals surface area contributed by atoms with Gasteiger partial charge in [-0.3, -0.25) is 14.4 Å². The maximum Gasteiger partial charge on any atom is 0.272 e. The monoisotopic (exact) mass is 316 g/mol. The van der Waals surface area contributed by atoms with E-state index in [0.29, 0.717) is 25.3 Å². The third kappa shape index (κ3) is 3.42. The lowest BCUT2D eigenvalue weighted by molar-refractivity contribution is 0.0620. The number of nitrogens with zero attached hydrogens (tertiary/aromatic N) is 4. The van der Waals surface area contributed by atoms with Gasteiger partial charge < -0.3 is 4.90 Å². The number of aryl methyl sites for hydroxylation is 1. The van der Waals surface area contributed by atoms with Gasteiger partial charge in [-0.15, -0.1) is 0 Å². The Morgan fingerprint density at radius 3 is 2.52 bits per heavy atom. The molecule has 3 rings (SSSR count). The van der Waals surface area contributed by atoms with Crippen LogP contribution in [0.1, 0.15) is 10.5 Å². The number of piperazine rings is 1. The summed E-state index contributed by atoms with van der Waals surface area (Å²) >= 11 is 0. The Hall–Kier alpha value is -2.21. The van der Waals surface area contributed by atoms with Crippen LogP contribution in [0.2, 0.25) is 0 Å². The highest BCUT2D eigenvalue weighted by Crippen LogP contribution is 2.19. The molecule has 0 bridgehead atoms. The second-order valence-electron chi connectivity index (χ2n) is 5.73. The number of aromatic nitrogens is 2. The van der Waals surface area contributed by atoms with E-state index < -0.39 is 0 Å². The largest absolute Gasteiger partial charge is 0.335 e. The van der Waals surface area contributed by atoms with Gasteiger partial charge in [0.15, 0.2) is 0 Å². The summed E-state index contributed by atoms with van der Waals surface area (Å²) in [7, 11) is 1.79. The molecule has 1 aromatic heterocycles. The van der Waals surface area contributed by atoms with E-state index >= 15 is 0 Å². The van der Waals surface area contributed by atoms with Crippen LogP contribution < -0.4 is 0 Å². The molecule has 6 heteroatoms. The van der Waals surface area contributed by atoms with Crippen molar-refractivity contribution in [3.63, 3.8) is 0 Å². The third-order valence-corrected chi connectivity index (χ3v) is 4.23. The molecule has 0 unspecified atom stereocenters. The molecule has 0 atom stereocenters. The van der Waals surface area contributed by atoms with Gasteiger partial charge in [0.2, 0.25) is 0 Å². The minimum atomic E-state index is -0.337. The van der Waals surface area contributed by atoms with Crippen molar-refractivity contribution in [1.29, 1.82) is 0 Å². The Bertz CT molecular complexity index is 662. The molecule has 5 nitrogen and oxygen atoms in total. The summed E-state index contributed by atoms with van der Waals surface area (Å²) in [5.74, 6) is -0.0120. The zero-order valence-corrected chi connectivity index (χ0v) is 13.3. The van der Waals surface area contributed by atoms with E-state index in [2.05, 4.69) is 5.10 Å². The van der Waals surface area contributed by atoms with Crippen molar-refractivity contribution in [1.82, 2.24) is 19.6 Å². The average Bonchev–Trinajstić information content (AvgIpc) is 2.98. The molecular formula is C17H21FN4O. The zero-order valence-electron chi connectivity index (χ0n) is 13.3. The molecule has 1 amide bonds. The predicted octanol–water partition coefficient (Wildman–Crippen LogP) is 1.81. The molecule has 0 N–H and O–H groups in total. The lowest BCUT2D eigenvalue weighted by atomic mass is 10.1. The van der Waals surface area contributed by atoms with Gasteiger partial charge in [-0.1, -0.05) is 30.3 Å². The Morgan fingerprint density at radius 2 is 1.87 bits per heavy atom. The van der Waals surface area contributed by atoms with Crippen LogP contribution in [0.5, 0.6) is 0 Å². The molecule has 0 radical (unpaired) electrons. The fraction of sp³-hybridized carbons (Fsp3) is 0.412. The highest BCUT2D eigenvalue weighted by molar-refractivity contribution is 5.93. The average molecular weight is 316 g/mol. The molecule has 0 spiro atoms. The van der Waals surface area contributed by atoms with Gasteiger partial charge in [0.05, 0.1) is 5.69 Å². The summed E-state index contributed by atoms with van der Waals surface area (Å²) in [6.45, 7) is 2.81. The number of alkyl halides is 1. The summed E-state index contributed by atoms with van der Waals surface area (Å²) in [5, 5.41) is 4.45. The number of amides is 1. The van der Waals surface area contributed by atoms with E-state index in [0.717, 1.165) is 24.3 Å². The van der Waals surface area contributed by atoms with E-state index in [1.165, 1.54) is 0 Å². The molecule has 23 heavy (non-hydrogen) atoms. The lowest BCUT2D eigenvalue weighted by Gasteiger charge is -2.34. The van der Waals surface area contributed by atoms with Crippen LogP contribution in [0.3, 0.4) is 0 Å². The first kappa shape index (κ1) is 15.7. The Labute approximate surface area is 135 Å². The topological polar surface area (TPSA) is 41.4 Å². The van der Waals surface area contributed by atoms with E-state index in [1.807, 2.05) is 46.2 Å². The summed E-state index contributed by atoms with van der Waals surface area (Å²) < 4.78 is 14.0. The Morgan fingerprint density at radius 1 is 1.17 bits per heavy atom. The lowest BCUT2D eigenvalue weighted by Crippen LogP contribution is -2.49. The van der Waals surface area contributed by atoms with Crippen LogP contribution in [0.4, 0.5) is 4.39 Å². The van der Waals surface area contributed by atoms with Gasteiger partial charge in [0, 0.05) is 45.3 Å². The quantitative estimate of drug-likeness (QED) is 0.864. The number of hydrogen-bond donors (Lipinski definition) is 0. The molecule has 0 saturated carbocycles. The van der Waals surface area contributed by atoms with Crippen molar-refractivity contribution in [3.8, 4) is 11.3 Å². The Kier molecular flexibility index (Phi) is 4.71. The number of benzene rings is 1. The van der Waals surface area contributed by atoms with Gasteiger partial charge in [0.1, 0.15) is 12.4 Å². The van der Waals surface area contributed by atoms with E-state index in [4.69, 9.17) is 0 Å². The summed E-state index contributed by atoms with van der Waals surface area (Å²) in [6, 6.07) is 11.7. The molecule has 1 aliphatic rings. The summed E-state index contributed by atoms with van der Waals surface area (Å²) in [5.41, 5.74) is 2.38. The van der Waals surface area contributed by atoms with E-state index in [-0.39, 0.29) is 12.6 Å². The first-order chi connectivity index (χ1) is 11.2. The van der Waals surface area contributed by atoms with Crippen LogP contribution in [-0.2, 0) is 7.05 Å². The van der Waals surface area contributed by atoms with Crippen molar-refractivity contribution in [2.45, 2.75) is 0 Å². The molecule has 1 saturated heterocycles. The number of hydrogen-bond acceptors (Lipinski definition) is 3. The molecule has 2 aromatic rings. The minimum absolute atomic E-state index is 0.0120. The first-order valence-electron chi connectivity index (χ1n) is 7.86. The number of carbonyl (C=O) groups excluding carboxylic acids is 1. The van der Waals surface area contributed by atoms with Gasteiger partial charge in [-0.25, -0.2) is 4.39 Å². The normalized spacial score (nSPS) is 15.8. The number of carbonyl (C=O) groups is 1. The maximum absolute atomic E-state index is 12.7. The SMILES string of the molecule is Cn1nc(-c2ccccc2)cc1C(=O)N1CCN(CCF)CC1. The highest BCUT2D eigenvalue weighted by atomic mass is 19.1. The Balaban J connectivity index is 1.72. The van der Waals surface area contributed by atoms with Gasteiger partial charge in [-0.2, -0.15) is 5.10 Å². The van der Waals surface area contributed by atoms with Crippen LogP contribution in [-0.4, -0.2) is 64.9 Å². The fourth-order valence-electron chi connectivity index (χ4n) is 2.87. The number of rotatable bonds is 4.